The summed E-state index contributed by atoms with van der Waals surface area (Å²) in [5.41, 5.74) is -2.04. The van der Waals surface area contributed by atoms with Crippen molar-refractivity contribution in [3.8, 4) is 0 Å². The number of aliphatic hydroxyl groups is 1. The van der Waals surface area contributed by atoms with Crippen LogP contribution in [0, 0.1) is 11.3 Å². The van der Waals surface area contributed by atoms with Crippen LogP contribution in [0.25, 0.3) is 0 Å². The lowest BCUT2D eigenvalue weighted by atomic mass is 9.74. The molecule has 0 aliphatic heterocycles. The Morgan fingerprint density at radius 3 is 2.00 bits per heavy atom. The minimum atomic E-state index is -0.904. The molecule has 5 heteroatoms. The van der Waals surface area contributed by atoms with Gasteiger partial charge in [0.2, 0.25) is 0 Å². The van der Waals surface area contributed by atoms with Gasteiger partial charge >= 0.3 is 6.16 Å². The summed E-state index contributed by atoms with van der Waals surface area (Å²) in [6, 6.07) is 0. The number of hydrogen-bond acceptors (Lipinski definition) is 5. The van der Waals surface area contributed by atoms with Gasteiger partial charge in [0.05, 0.1) is 11.2 Å². The van der Waals surface area contributed by atoms with Crippen molar-refractivity contribution in [3.05, 3.63) is 0 Å². The zero-order chi connectivity index (χ0) is 20.1. The van der Waals surface area contributed by atoms with Crippen LogP contribution in [-0.4, -0.2) is 41.3 Å². The second-order valence-corrected chi connectivity index (χ2v) is 9.32. The Morgan fingerprint density at radius 2 is 1.56 bits per heavy atom. The standard InChI is InChI=1S/C20H40O5/c1-11-18(5,6)24-13-12-17(3,4)20(9,10)25-16(21)23-14-15(2)19(7,8)22/h15,22H,11-14H2,1-10H3. The molecule has 0 aromatic rings. The monoisotopic (exact) mass is 360 g/mol. The largest absolute Gasteiger partial charge is 0.508 e. The highest BCUT2D eigenvalue weighted by atomic mass is 16.7. The van der Waals surface area contributed by atoms with Crippen molar-refractivity contribution in [2.24, 2.45) is 11.3 Å². The van der Waals surface area contributed by atoms with E-state index in [1.165, 1.54) is 0 Å². The van der Waals surface area contributed by atoms with Gasteiger partial charge in [-0.25, -0.2) is 4.79 Å². The molecule has 0 rings (SSSR count). The number of carbonyl (C=O) groups excluding carboxylic acids is 1. The van der Waals surface area contributed by atoms with E-state index in [4.69, 9.17) is 14.2 Å². The predicted molar refractivity (Wildman–Crippen MR) is 101 cm³/mol. The average molecular weight is 361 g/mol. The molecule has 5 nitrogen and oxygen atoms in total. The smallest absolute Gasteiger partial charge is 0.434 e. The van der Waals surface area contributed by atoms with E-state index in [0.29, 0.717) is 6.61 Å². The maximum Gasteiger partial charge on any atom is 0.508 e. The fourth-order valence-corrected chi connectivity index (χ4v) is 1.76. The maximum atomic E-state index is 12.1. The number of rotatable bonds is 10. The van der Waals surface area contributed by atoms with Crippen molar-refractivity contribution in [1.82, 2.24) is 0 Å². The van der Waals surface area contributed by atoms with Crippen LogP contribution in [0.5, 0.6) is 0 Å². The number of ether oxygens (including phenoxy) is 3. The van der Waals surface area contributed by atoms with Crippen molar-refractivity contribution in [3.63, 3.8) is 0 Å². The Kier molecular flexibility index (Phi) is 8.44. The Labute approximate surface area is 154 Å². The topological polar surface area (TPSA) is 65.0 Å². The van der Waals surface area contributed by atoms with Gasteiger partial charge in [0.15, 0.2) is 0 Å². The lowest BCUT2D eigenvalue weighted by molar-refractivity contribution is -0.105. The molecular weight excluding hydrogens is 320 g/mol. The fraction of sp³-hybridized carbons (Fsp3) is 0.950. The van der Waals surface area contributed by atoms with Gasteiger partial charge < -0.3 is 19.3 Å². The van der Waals surface area contributed by atoms with Crippen LogP contribution in [0.1, 0.15) is 82.1 Å². The summed E-state index contributed by atoms with van der Waals surface area (Å²) in [5, 5.41) is 9.90. The lowest BCUT2D eigenvalue weighted by Gasteiger charge is -2.41. The van der Waals surface area contributed by atoms with Crippen LogP contribution in [0.4, 0.5) is 4.79 Å². The number of hydrogen-bond donors (Lipinski definition) is 1. The first-order valence-corrected chi connectivity index (χ1v) is 9.26. The van der Waals surface area contributed by atoms with Gasteiger partial charge in [-0.15, -0.1) is 0 Å². The second kappa shape index (κ2) is 8.72. The third-order valence-corrected chi connectivity index (χ3v) is 5.70. The predicted octanol–water partition coefficient (Wildman–Crippen LogP) is 4.95. The highest BCUT2D eigenvalue weighted by Crippen LogP contribution is 2.37. The summed E-state index contributed by atoms with van der Waals surface area (Å²) in [7, 11) is 0. The van der Waals surface area contributed by atoms with E-state index in [9.17, 15) is 9.90 Å². The van der Waals surface area contributed by atoms with Gasteiger partial charge in [-0.2, -0.15) is 0 Å². The van der Waals surface area contributed by atoms with Crippen molar-refractivity contribution < 1.29 is 24.1 Å². The van der Waals surface area contributed by atoms with Crippen LogP contribution >= 0.6 is 0 Å². The summed E-state index contributed by atoms with van der Waals surface area (Å²) in [6.07, 6.45) is 1.000. The molecule has 1 N–H and O–H groups in total. The average Bonchev–Trinajstić information content (AvgIpc) is 2.42. The first-order valence-electron chi connectivity index (χ1n) is 9.26. The summed E-state index contributed by atoms with van der Waals surface area (Å²) in [5.74, 6) is -0.180. The Balaban J connectivity index is 4.58. The third kappa shape index (κ3) is 8.41. The minimum absolute atomic E-state index is 0.118. The molecule has 1 atom stereocenters. The summed E-state index contributed by atoms with van der Waals surface area (Å²) < 4.78 is 16.7. The summed E-state index contributed by atoms with van der Waals surface area (Å²) in [6.45, 7) is 20.1. The maximum absolute atomic E-state index is 12.1. The molecule has 0 radical (unpaired) electrons. The first-order chi connectivity index (χ1) is 11.0. The molecule has 0 bridgehead atoms. The fourth-order valence-electron chi connectivity index (χ4n) is 1.76. The van der Waals surface area contributed by atoms with E-state index in [2.05, 4.69) is 34.6 Å². The summed E-state index contributed by atoms with van der Waals surface area (Å²) >= 11 is 0. The van der Waals surface area contributed by atoms with Gasteiger partial charge in [0.1, 0.15) is 12.2 Å². The van der Waals surface area contributed by atoms with Crippen molar-refractivity contribution >= 4 is 6.16 Å². The van der Waals surface area contributed by atoms with Gasteiger partial charge in [0, 0.05) is 17.9 Å². The molecule has 0 saturated heterocycles. The molecule has 0 aliphatic rings. The molecule has 0 fully saturated rings. The first kappa shape index (κ1) is 24.2. The van der Waals surface area contributed by atoms with Crippen molar-refractivity contribution in [2.45, 2.75) is 98.9 Å². The Morgan fingerprint density at radius 1 is 1.04 bits per heavy atom. The SMILES string of the molecule is CCC(C)(C)OCCC(C)(C)C(C)(C)OC(=O)OCC(C)C(C)(C)O. The molecule has 0 aromatic heterocycles. The van der Waals surface area contributed by atoms with Gasteiger partial charge in [0.25, 0.3) is 0 Å². The molecule has 0 spiro atoms. The summed E-state index contributed by atoms with van der Waals surface area (Å²) in [4.78, 5) is 12.1. The minimum Gasteiger partial charge on any atom is -0.434 e. The van der Waals surface area contributed by atoms with E-state index >= 15 is 0 Å². The number of carbonyl (C=O) groups is 1. The molecule has 25 heavy (non-hydrogen) atoms. The lowest BCUT2D eigenvalue weighted by Crippen LogP contribution is -2.45. The highest BCUT2D eigenvalue weighted by molar-refractivity contribution is 5.60. The molecule has 0 saturated carbocycles. The third-order valence-electron chi connectivity index (χ3n) is 5.70. The van der Waals surface area contributed by atoms with Crippen molar-refractivity contribution in [1.29, 1.82) is 0 Å². The molecule has 0 heterocycles. The van der Waals surface area contributed by atoms with Crippen LogP contribution < -0.4 is 0 Å². The highest BCUT2D eigenvalue weighted by Gasteiger charge is 2.41. The second-order valence-electron chi connectivity index (χ2n) is 9.32. The van der Waals surface area contributed by atoms with Crippen LogP contribution in [0.3, 0.4) is 0 Å². The van der Waals surface area contributed by atoms with E-state index in [-0.39, 0.29) is 23.5 Å². The van der Waals surface area contributed by atoms with E-state index in [1.807, 2.05) is 20.8 Å². The van der Waals surface area contributed by atoms with Crippen LogP contribution in [-0.2, 0) is 14.2 Å². The van der Waals surface area contributed by atoms with Crippen LogP contribution in [0.15, 0.2) is 0 Å². The zero-order valence-corrected chi connectivity index (χ0v) is 18.0. The van der Waals surface area contributed by atoms with E-state index < -0.39 is 17.4 Å². The van der Waals surface area contributed by atoms with Gasteiger partial charge in [-0.1, -0.05) is 27.7 Å². The Bertz CT molecular complexity index is 418. The van der Waals surface area contributed by atoms with Gasteiger partial charge in [-0.3, -0.25) is 0 Å². The van der Waals surface area contributed by atoms with Crippen molar-refractivity contribution in [2.75, 3.05) is 13.2 Å². The molecule has 150 valence electrons. The zero-order valence-electron chi connectivity index (χ0n) is 18.0. The molecule has 1 unspecified atom stereocenters. The van der Waals surface area contributed by atoms with Crippen LogP contribution in [0.2, 0.25) is 0 Å². The molecular formula is C20H40O5. The van der Waals surface area contributed by atoms with E-state index in [1.54, 1.807) is 13.8 Å². The normalized spacial score (nSPS) is 15.0. The quantitative estimate of drug-likeness (QED) is 0.559. The van der Waals surface area contributed by atoms with Gasteiger partial charge in [-0.05, 0) is 54.4 Å². The van der Waals surface area contributed by atoms with E-state index in [0.717, 1.165) is 12.8 Å². The molecule has 0 aromatic carbocycles. The molecule has 0 amide bonds. The molecule has 0 aliphatic carbocycles. The Hall–Kier alpha value is -0.810.